The molecule has 2 aromatic carbocycles. The summed E-state index contributed by atoms with van der Waals surface area (Å²) in [5, 5.41) is 3.06. The van der Waals surface area contributed by atoms with Gasteiger partial charge in [-0.15, -0.1) is 0 Å². The van der Waals surface area contributed by atoms with Crippen molar-refractivity contribution in [2.24, 2.45) is 5.92 Å². The molecule has 0 aliphatic carbocycles. The number of hydrogen-bond acceptors (Lipinski definition) is 3. The van der Waals surface area contributed by atoms with E-state index in [0.29, 0.717) is 42.0 Å². The number of ether oxygens (including phenoxy) is 2. The standard InChI is InChI=1S/C22H21F3N2O3/c23-15-3-1-14(2-4-15)20-17(18-9-16(24)10-19(25)21(18)27-20)6-8-30-22(28)26-11-13-5-7-29-12-13/h1-4,9-10,13,27H,5-8,11-12H2,(H,26,28). The molecule has 0 radical (unpaired) electrons. The normalized spacial score (nSPS) is 16.2. The summed E-state index contributed by atoms with van der Waals surface area (Å²) in [7, 11) is 0. The van der Waals surface area contributed by atoms with Gasteiger partial charge in [-0.3, -0.25) is 0 Å². The van der Waals surface area contributed by atoms with Crippen LogP contribution in [0.2, 0.25) is 0 Å². The van der Waals surface area contributed by atoms with Gasteiger partial charge in [0.1, 0.15) is 17.5 Å². The average molecular weight is 418 g/mol. The molecule has 4 rings (SSSR count). The molecule has 3 aromatic rings. The van der Waals surface area contributed by atoms with Crippen molar-refractivity contribution in [1.82, 2.24) is 10.3 Å². The predicted molar refractivity (Wildman–Crippen MR) is 106 cm³/mol. The summed E-state index contributed by atoms with van der Waals surface area (Å²) in [6.45, 7) is 1.81. The number of fused-ring (bicyclic) bond motifs is 1. The molecule has 1 amide bonds. The molecule has 0 spiro atoms. The largest absolute Gasteiger partial charge is 0.449 e. The number of benzene rings is 2. The van der Waals surface area contributed by atoms with Crippen molar-refractivity contribution >= 4 is 17.0 Å². The van der Waals surface area contributed by atoms with Crippen LogP contribution in [-0.4, -0.2) is 37.4 Å². The minimum absolute atomic E-state index is 0.0201. The number of nitrogens with one attached hydrogen (secondary N) is 2. The highest BCUT2D eigenvalue weighted by atomic mass is 19.1. The van der Waals surface area contributed by atoms with E-state index in [1.165, 1.54) is 18.2 Å². The van der Waals surface area contributed by atoms with Gasteiger partial charge >= 0.3 is 6.09 Å². The molecule has 5 nitrogen and oxygen atoms in total. The molecular weight excluding hydrogens is 397 g/mol. The fourth-order valence-corrected chi connectivity index (χ4v) is 3.67. The molecule has 1 aliphatic heterocycles. The third-order valence-electron chi connectivity index (χ3n) is 5.21. The van der Waals surface area contributed by atoms with Crippen LogP contribution in [0.3, 0.4) is 0 Å². The van der Waals surface area contributed by atoms with Crippen LogP contribution in [0.1, 0.15) is 12.0 Å². The highest BCUT2D eigenvalue weighted by Crippen LogP contribution is 2.33. The van der Waals surface area contributed by atoms with E-state index in [-0.39, 0.29) is 24.5 Å². The molecule has 1 aromatic heterocycles. The number of aromatic amines is 1. The van der Waals surface area contributed by atoms with Crippen LogP contribution in [0, 0.1) is 23.4 Å². The first-order chi connectivity index (χ1) is 14.5. The van der Waals surface area contributed by atoms with Crippen LogP contribution in [0.25, 0.3) is 22.2 Å². The molecule has 1 fully saturated rings. The Kier molecular flexibility index (Phi) is 5.94. The number of halogens is 3. The Labute approximate surface area is 171 Å². The minimum Gasteiger partial charge on any atom is -0.449 e. The second kappa shape index (κ2) is 8.79. The number of carbonyl (C=O) groups is 1. The number of H-pyrrole nitrogens is 1. The van der Waals surface area contributed by atoms with Gasteiger partial charge in [0.2, 0.25) is 0 Å². The van der Waals surface area contributed by atoms with Crippen LogP contribution in [0.4, 0.5) is 18.0 Å². The maximum atomic E-state index is 14.3. The van der Waals surface area contributed by atoms with E-state index < -0.39 is 23.5 Å². The fraction of sp³-hybridized carbons (Fsp3) is 0.318. The maximum Gasteiger partial charge on any atom is 0.407 e. The molecule has 2 N–H and O–H groups in total. The monoisotopic (exact) mass is 418 g/mol. The Morgan fingerprint density at radius 2 is 1.97 bits per heavy atom. The van der Waals surface area contributed by atoms with Crippen molar-refractivity contribution in [3.8, 4) is 11.3 Å². The van der Waals surface area contributed by atoms with Crippen molar-refractivity contribution in [2.45, 2.75) is 12.8 Å². The van der Waals surface area contributed by atoms with E-state index in [1.54, 1.807) is 12.1 Å². The van der Waals surface area contributed by atoms with Crippen LogP contribution in [0.5, 0.6) is 0 Å². The zero-order chi connectivity index (χ0) is 21.1. The summed E-state index contributed by atoms with van der Waals surface area (Å²) < 4.78 is 51.9. The van der Waals surface area contributed by atoms with E-state index in [2.05, 4.69) is 10.3 Å². The predicted octanol–water partition coefficient (Wildman–Crippen LogP) is 4.56. The lowest BCUT2D eigenvalue weighted by atomic mass is 10.0. The summed E-state index contributed by atoms with van der Waals surface area (Å²) in [6, 6.07) is 7.71. The lowest BCUT2D eigenvalue weighted by Gasteiger charge is -2.11. The minimum atomic E-state index is -0.725. The van der Waals surface area contributed by atoms with Crippen LogP contribution in [0.15, 0.2) is 36.4 Å². The third kappa shape index (κ3) is 4.43. The maximum absolute atomic E-state index is 14.3. The Bertz CT molecular complexity index is 1040. The summed E-state index contributed by atoms with van der Waals surface area (Å²) in [6.07, 6.45) is 0.575. The number of rotatable bonds is 6. The third-order valence-corrected chi connectivity index (χ3v) is 5.21. The van der Waals surface area contributed by atoms with E-state index in [1.807, 2.05) is 0 Å². The van der Waals surface area contributed by atoms with Gasteiger partial charge in [-0.2, -0.15) is 0 Å². The molecule has 30 heavy (non-hydrogen) atoms. The van der Waals surface area contributed by atoms with Gasteiger partial charge in [-0.1, -0.05) is 0 Å². The summed E-state index contributed by atoms with van der Waals surface area (Å²) in [4.78, 5) is 14.9. The second-order valence-corrected chi connectivity index (χ2v) is 7.29. The fourth-order valence-electron chi connectivity index (χ4n) is 3.67. The van der Waals surface area contributed by atoms with Crippen molar-refractivity contribution in [1.29, 1.82) is 0 Å². The Morgan fingerprint density at radius 3 is 2.70 bits per heavy atom. The smallest absolute Gasteiger partial charge is 0.407 e. The first-order valence-corrected chi connectivity index (χ1v) is 9.75. The molecule has 158 valence electrons. The molecule has 1 atom stereocenters. The average Bonchev–Trinajstić information content (AvgIpc) is 3.36. The van der Waals surface area contributed by atoms with Crippen molar-refractivity contribution in [3.63, 3.8) is 0 Å². The number of carbonyl (C=O) groups excluding carboxylic acids is 1. The van der Waals surface area contributed by atoms with Gasteiger partial charge in [0.15, 0.2) is 0 Å². The van der Waals surface area contributed by atoms with Gasteiger partial charge in [0.05, 0.1) is 18.7 Å². The Hall–Kier alpha value is -3.00. The van der Waals surface area contributed by atoms with Crippen molar-refractivity contribution in [3.05, 3.63) is 59.4 Å². The van der Waals surface area contributed by atoms with Gasteiger partial charge in [-0.25, -0.2) is 18.0 Å². The van der Waals surface area contributed by atoms with Gasteiger partial charge in [-0.05, 0) is 47.9 Å². The first kappa shape index (κ1) is 20.3. The summed E-state index contributed by atoms with van der Waals surface area (Å²) >= 11 is 0. The number of amides is 1. The van der Waals surface area contributed by atoms with E-state index in [9.17, 15) is 18.0 Å². The quantitative estimate of drug-likeness (QED) is 0.617. The van der Waals surface area contributed by atoms with Gasteiger partial charge in [0.25, 0.3) is 0 Å². The zero-order valence-electron chi connectivity index (χ0n) is 16.1. The zero-order valence-corrected chi connectivity index (χ0v) is 16.1. The Morgan fingerprint density at radius 1 is 1.17 bits per heavy atom. The van der Waals surface area contributed by atoms with Gasteiger partial charge in [0, 0.05) is 42.6 Å². The molecule has 2 heterocycles. The van der Waals surface area contributed by atoms with Crippen LogP contribution >= 0.6 is 0 Å². The van der Waals surface area contributed by atoms with Gasteiger partial charge < -0.3 is 19.8 Å². The summed E-state index contributed by atoms with van der Waals surface area (Å²) in [5.74, 6) is -1.55. The lowest BCUT2D eigenvalue weighted by molar-refractivity contribution is 0.144. The SMILES string of the molecule is O=C(NCC1CCOC1)OCCc1c(-c2ccc(F)cc2)[nH]c2c(F)cc(F)cc12. The highest BCUT2D eigenvalue weighted by Gasteiger charge is 2.19. The molecular formula is C22H21F3N2O3. The second-order valence-electron chi connectivity index (χ2n) is 7.29. The first-order valence-electron chi connectivity index (χ1n) is 9.75. The molecule has 1 saturated heterocycles. The molecule has 8 heteroatoms. The summed E-state index contributed by atoms with van der Waals surface area (Å²) in [5.41, 5.74) is 1.89. The topological polar surface area (TPSA) is 63.4 Å². The molecule has 1 aliphatic rings. The molecule has 0 bridgehead atoms. The lowest BCUT2D eigenvalue weighted by Crippen LogP contribution is -2.30. The highest BCUT2D eigenvalue weighted by molar-refractivity contribution is 5.91. The van der Waals surface area contributed by atoms with E-state index in [0.717, 1.165) is 12.5 Å². The molecule has 1 unspecified atom stereocenters. The van der Waals surface area contributed by atoms with Crippen molar-refractivity contribution < 1.29 is 27.4 Å². The Balaban J connectivity index is 1.52. The van der Waals surface area contributed by atoms with Crippen molar-refractivity contribution in [2.75, 3.05) is 26.4 Å². The van der Waals surface area contributed by atoms with E-state index >= 15 is 0 Å². The van der Waals surface area contributed by atoms with Crippen LogP contribution < -0.4 is 5.32 Å². The molecule has 0 saturated carbocycles. The number of alkyl carbamates (subject to hydrolysis) is 1. The van der Waals surface area contributed by atoms with Crippen LogP contribution in [-0.2, 0) is 15.9 Å². The number of hydrogen-bond donors (Lipinski definition) is 2. The van der Waals surface area contributed by atoms with E-state index in [4.69, 9.17) is 9.47 Å². The number of aromatic nitrogens is 1.